The number of carbonyl (C=O) groups excluding carboxylic acids is 1. The Hall–Kier alpha value is -3.37. The van der Waals surface area contributed by atoms with Crippen molar-refractivity contribution in [3.8, 4) is 5.75 Å². The molecule has 4 rings (SSSR count). The molecule has 0 saturated heterocycles. The molecule has 0 bridgehead atoms. The minimum absolute atomic E-state index is 0.181. The van der Waals surface area contributed by atoms with Crippen molar-refractivity contribution in [1.82, 2.24) is 25.1 Å². The Bertz CT molecular complexity index is 1340. The molecular weight excluding hydrogens is 476 g/mol. The largest absolute Gasteiger partial charge is 0.493 e. The van der Waals surface area contributed by atoms with E-state index < -0.39 is 0 Å². The normalized spacial score (nSPS) is 11.4. The SMILES string of the molecule is CCOc1ccc2ccccc2c1C(=O)NCCn1ncc2c(NCCOC)nc(SC(C)C)nc21. The van der Waals surface area contributed by atoms with Gasteiger partial charge in [-0.05, 0) is 23.8 Å². The van der Waals surface area contributed by atoms with Gasteiger partial charge in [0, 0.05) is 25.4 Å². The van der Waals surface area contributed by atoms with Crippen LogP contribution >= 0.6 is 11.8 Å². The average Bonchev–Trinajstić information content (AvgIpc) is 3.26. The quantitative estimate of drug-likeness (QED) is 0.165. The van der Waals surface area contributed by atoms with Gasteiger partial charge in [-0.1, -0.05) is 55.9 Å². The van der Waals surface area contributed by atoms with Crippen LogP contribution in [0, 0.1) is 0 Å². The number of nitrogens with one attached hydrogen (secondary N) is 2. The van der Waals surface area contributed by atoms with Gasteiger partial charge in [0.15, 0.2) is 10.8 Å². The predicted molar refractivity (Wildman–Crippen MR) is 144 cm³/mol. The Balaban J connectivity index is 1.54. The van der Waals surface area contributed by atoms with Crippen LogP contribution in [0.5, 0.6) is 5.75 Å². The number of hydrogen-bond acceptors (Lipinski definition) is 8. The molecule has 2 N–H and O–H groups in total. The van der Waals surface area contributed by atoms with E-state index >= 15 is 0 Å². The van der Waals surface area contributed by atoms with Crippen molar-refractivity contribution < 1.29 is 14.3 Å². The van der Waals surface area contributed by atoms with Crippen LogP contribution < -0.4 is 15.4 Å². The lowest BCUT2D eigenvalue weighted by Gasteiger charge is -2.14. The average molecular weight is 509 g/mol. The third kappa shape index (κ3) is 5.88. The minimum Gasteiger partial charge on any atom is -0.493 e. The summed E-state index contributed by atoms with van der Waals surface area (Å²) in [6, 6.07) is 11.6. The van der Waals surface area contributed by atoms with E-state index in [9.17, 15) is 4.79 Å². The standard InChI is InChI=1S/C26H32N6O3S/c1-5-35-21-11-10-18-8-6-7-9-19(18)22(21)25(33)28-12-14-32-24-20(16-29-32)23(27-13-15-34-4)30-26(31-24)36-17(2)3/h6-11,16-17H,5,12-15H2,1-4H3,(H,28,33)(H,27,30,31). The molecular formula is C26H32N6O3S. The van der Waals surface area contributed by atoms with Gasteiger partial charge in [0.05, 0.1) is 36.9 Å². The van der Waals surface area contributed by atoms with Crippen LogP contribution in [0.15, 0.2) is 47.8 Å². The molecule has 2 aromatic heterocycles. The third-order valence-electron chi connectivity index (χ3n) is 5.44. The Labute approximate surface area is 215 Å². The Morgan fingerprint density at radius 2 is 1.94 bits per heavy atom. The van der Waals surface area contributed by atoms with E-state index in [1.54, 1.807) is 29.8 Å². The highest BCUT2D eigenvalue weighted by molar-refractivity contribution is 7.99. The third-order valence-corrected chi connectivity index (χ3v) is 6.31. The number of ether oxygens (including phenoxy) is 2. The van der Waals surface area contributed by atoms with E-state index in [-0.39, 0.29) is 5.91 Å². The van der Waals surface area contributed by atoms with E-state index in [0.717, 1.165) is 27.6 Å². The Morgan fingerprint density at radius 3 is 2.72 bits per heavy atom. The highest BCUT2D eigenvalue weighted by Crippen LogP contribution is 2.29. The molecule has 4 aromatic rings. The van der Waals surface area contributed by atoms with E-state index in [0.29, 0.717) is 54.6 Å². The van der Waals surface area contributed by atoms with E-state index in [2.05, 4.69) is 34.6 Å². The Kier molecular flexibility index (Phi) is 8.61. The van der Waals surface area contributed by atoms with Crippen molar-refractivity contribution in [3.05, 3.63) is 48.2 Å². The second-order valence-electron chi connectivity index (χ2n) is 8.39. The van der Waals surface area contributed by atoms with Gasteiger partial charge in [-0.25, -0.2) is 14.6 Å². The minimum atomic E-state index is -0.181. The van der Waals surface area contributed by atoms with Crippen LogP contribution in [-0.4, -0.2) is 64.3 Å². The molecule has 2 heterocycles. The molecule has 36 heavy (non-hydrogen) atoms. The lowest BCUT2D eigenvalue weighted by molar-refractivity contribution is 0.0950. The topological polar surface area (TPSA) is 103 Å². The first-order valence-electron chi connectivity index (χ1n) is 12.1. The number of nitrogens with zero attached hydrogens (tertiary/aromatic N) is 4. The van der Waals surface area contributed by atoms with Gasteiger partial charge in [0.1, 0.15) is 11.6 Å². The maximum Gasteiger partial charge on any atom is 0.255 e. The summed E-state index contributed by atoms with van der Waals surface area (Å²) in [6.07, 6.45) is 1.76. The zero-order valence-electron chi connectivity index (χ0n) is 21.1. The molecule has 10 heteroatoms. The van der Waals surface area contributed by atoms with E-state index in [1.165, 1.54) is 0 Å². The Morgan fingerprint density at radius 1 is 1.11 bits per heavy atom. The molecule has 0 radical (unpaired) electrons. The fourth-order valence-corrected chi connectivity index (χ4v) is 4.60. The maximum atomic E-state index is 13.3. The molecule has 190 valence electrons. The van der Waals surface area contributed by atoms with Gasteiger partial charge in [-0.3, -0.25) is 4.79 Å². The number of fused-ring (bicyclic) bond motifs is 2. The number of aromatic nitrogens is 4. The highest BCUT2D eigenvalue weighted by Gasteiger charge is 2.18. The smallest absolute Gasteiger partial charge is 0.255 e. The van der Waals surface area contributed by atoms with Crippen molar-refractivity contribution in [2.75, 3.05) is 38.7 Å². The monoisotopic (exact) mass is 508 g/mol. The van der Waals surface area contributed by atoms with Gasteiger partial charge in [0.2, 0.25) is 0 Å². The summed E-state index contributed by atoms with van der Waals surface area (Å²) in [7, 11) is 1.67. The molecule has 0 saturated carbocycles. The van der Waals surface area contributed by atoms with Crippen molar-refractivity contribution in [2.24, 2.45) is 0 Å². The molecule has 0 atom stereocenters. The van der Waals surface area contributed by atoms with Crippen molar-refractivity contribution in [3.63, 3.8) is 0 Å². The zero-order valence-corrected chi connectivity index (χ0v) is 21.9. The lowest BCUT2D eigenvalue weighted by atomic mass is 10.0. The van der Waals surface area contributed by atoms with Gasteiger partial charge in [-0.15, -0.1) is 0 Å². The fourth-order valence-electron chi connectivity index (χ4n) is 3.89. The highest BCUT2D eigenvalue weighted by atomic mass is 32.2. The van der Waals surface area contributed by atoms with Crippen molar-refractivity contribution in [1.29, 1.82) is 0 Å². The summed E-state index contributed by atoms with van der Waals surface area (Å²) < 4.78 is 12.7. The lowest BCUT2D eigenvalue weighted by Crippen LogP contribution is -2.28. The molecule has 0 spiro atoms. The summed E-state index contributed by atoms with van der Waals surface area (Å²) in [4.78, 5) is 22.7. The maximum absolute atomic E-state index is 13.3. The van der Waals surface area contributed by atoms with Crippen LogP contribution in [0.1, 0.15) is 31.1 Å². The van der Waals surface area contributed by atoms with Crippen LogP contribution in [0.2, 0.25) is 0 Å². The van der Waals surface area contributed by atoms with E-state index in [4.69, 9.17) is 14.5 Å². The van der Waals surface area contributed by atoms with Crippen LogP contribution in [0.25, 0.3) is 21.8 Å². The number of thioether (sulfide) groups is 1. The molecule has 9 nitrogen and oxygen atoms in total. The predicted octanol–water partition coefficient (Wildman–Crippen LogP) is 4.37. The van der Waals surface area contributed by atoms with Crippen molar-refractivity contribution in [2.45, 2.75) is 37.7 Å². The molecule has 0 aliphatic heterocycles. The number of methoxy groups -OCH3 is 1. The first-order valence-corrected chi connectivity index (χ1v) is 13.0. The van der Waals surface area contributed by atoms with Crippen LogP contribution in [0.4, 0.5) is 5.82 Å². The van der Waals surface area contributed by atoms with Gasteiger partial charge < -0.3 is 20.1 Å². The second kappa shape index (κ2) is 12.0. The first kappa shape index (κ1) is 25.7. The fraction of sp³-hybridized carbons (Fsp3) is 0.385. The zero-order chi connectivity index (χ0) is 25.5. The number of hydrogen-bond donors (Lipinski definition) is 2. The van der Waals surface area contributed by atoms with Gasteiger partial charge >= 0.3 is 0 Å². The summed E-state index contributed by atoms with van der Waals surface area (Å²) in [5.41, 5.74) is 1.27. The molecule has 0 aliphatic carbocycles. The first-order chi connectivity index (χ1) is 17.5. The number of amides is 1. The van der Waals surface area contributed by atoms with Crippen LogP contribution in [0.3, 0.4) is 0 Å². The summed E-state index contributed by atoms with van der Waals surface area (Å²) in [5, 5.41) is 14.6. The van der Waals surface area contributed by atoms with Gasteiger partial charge in [0.25, 0.3) is 5.91 Å². The number of rotatable bonds is 12. The summed E-state index contributed by atoms with van der Waals surface area (Å²) in [5.74, 6) is 1.13. The number of benzene rings is 2. The number of anilines is 1. The van der Waals surface area contributed by atoms with Gasteiger partial charge in [-0.2, -0.15) is 5.10 Å². The van der Waals surface area contributed by atoms with E-state index in [1.807, 2.05) is 43.3 Å². The molecule has 2 aromatic carbocycles. The second-order valence-corrected chi connectivity index (χ2v) is 9.94. The summed E-state index contributed by atoms with van der Waals surface area (Å²) >= 11 is 1.59. The molecule has 0 unspecified atom stereocenters. The van der Waals surface area contributed by atoms with Crippen LogP contribution in [-0.2, 0) is 11.3 Å². The van der Waals surface area contributed by atoms with Crippen molar-refractivity contribution >= 4 is 45.3 Å². The molecule has 1 amide bonds. The molecule has 0 aliphatic rings. The number of carbonyl (C=O) groups is 1. The summed E-state index contributed by atoms with van der Waals surface area (Å²) in [6.45, 7) is 8.64. The molecule has 0 fully saturated rings.